The van der Waals surface area contributed by atoms with Gasteiger partial charge >= 0.3 is 0 Å². The van der Waals surface area contributed by atoms with E-state index in [2.05, 4.69) is 40.1 Å². The summed E-state index contributed by atoms with van der Waals surface area (Å²) in [5, 5.41) is 0. The summed E-state index contributed by atoms with van der Waals surface area (Å²) in [5.74, 6) is 0.566. The Bertz CT molecular complexity index is 568. The van der Waals surface area contributed by atoms with Crippen molar-refractivity contribution in [3.8, 4) is 0 Å². The molecule has 1 aromatic carbocycles. The molecule has 0 saturated carbocycles. The summed E-state index contributed by atoms with van der Waals surface area (Å²) in [6.45, 7) is 2.85. The summed E-state index contributed by atoms with van der Waals surface area (Å²) < 4.78 is 5.44. The smallest absolute Gasteiger partial charge is 0.227 e. The van der Waals surface area contributed by atoms with Gasteiger partial charge in [0, 0.05) is 32.3 Å². The molecule has 1 amide bonds. The number of ether oxygens (including phenoxy) is 1. The Labute approximate surface area is 144 Å². The molecule has 0 aromatic heterocycles. The predicted molar refractivity (Wildman–Crippen MR) is 93.6 cm³/mol. The number of carbonyl (C=O) groups is 1. The molecule has 0 bridgehead atoms. The van der Waals surface area contributed by atoms with Gasteiger partial charge in [0.2, 0.25) is 5.91 Å². The van der Waals surface area contributed by atoms with Gasteiger partial charge in [-0.15, -0.1) is 0 Å². The molecule has 0 aliphatic carbocycles. The van der Waals surface area contributed by atoms with Crippen LogP contribution in [0.5, 0.6) is 0 Å². The van der Waals surface area contributed by atoms with Crippen LogP contribution in [0.1, 0.15) is 43.7 Å². The highest BCUT2D eigenvalue weighted by Gasteiger charge is 2.48. The number of hydrogen-bond acceptors (Lipinski definition) is 3. The fourth-order valence-corrected chi connectivity index (χ4v) is 4.98. The molecule has 3 aliphatic rings. The first-order valence-corrected chi connectivity index (χ1v) is 9.40. The second-order valence-electron chi connectivity index (χ2n) is 7.48. The van der Waals surface area contributed by atoms with Crippen LogP contribution in [0.4, 0.5) is 0 Å². The molecular formula is C20H28N2O2. The molecular weight excluding hydrogens is 300 g/mol. The fraction of sp³-hybridized carbons (Fsp3) is 0.650. The van der Waals surface area contributed by atoms with Gasteiger partial charge in [0.25, 0.3) is 0 Å². The van der Waals surface area contributed by atoms with Gasteiger partial charge < -0.3 is 9.64 Å². The summed E-state index contributed by atoms with van der Waals surface area (Å²) in [6.07, 6.45) is 5.67. The van der Waals surface area contributed by atoms with Crippen molar-refractivity contribution < 1.29 is 9.53 Å². The van der Waals surface area contributed by atoms with E-state index in [1.165, 1.54) is 18.4 Å². The topological polar surface area (TPSA) is 32.8 Å². The molecule has 130 valence electrons. The molecule has 0 unspecified atom stereocenters. The highest BCUT2D eigenvalue weighted by atomic mass is 16.5. The Morgan fingerprint density at radius 3 is 2.54 bits per heavy atom. The third kappa shape index (κ3) is 2.86. The standard InChI is InChI=1S/C20H28N2O2/c1-24-16-9-12-21(13-10-16)20(23)17-14-19(15-6-3-2-4-7-15)22-11-5-8-18(17)22/h2-4,6-7,16-19H,5,8-14H2,1H3/t17-,18+,19-/m0/s1. The number of nitrogens with zero attached hydrogens (tertiary/aromatic N) is 2. The second kappa shape index (κ2) is 6.85. The summed E-state index contributed by atoms with van der Waals surface area (Å²) in [7, 11) is 1.78. The van der Waals surface area contributed by atoms with Gasteiger partial charge in [-0.2, -0.15) is 0 Å². The third-order valence-electron chi connectivity index (χ3n) is 6.27. The molecule has 3 fully saturated rings. The molecule has 0 N–H and O–H groups in total. The minimum Gasteiger partial charge on any atom is -0.381 e. The first kappa shape index (κ1) is 16.1. The molecule has 4 rings (SSSR count). The van der Waals surface area contributed by atoms with Crippen LogP contribution in [0.3, 0.4) is 0 Å². The second-order valence-corrected chi connectivity index (χ2v) is 7.48. The van der Waals surface area contributed by atoms with E-state index in [4.69, 9.17) is 4.74 Å². The number of benzene rings is 1. The van der Waals surface area contributed by atoms with E-state index in [0.717, 1.165) is 38.9 Å². The maximum atomic E-state index is 13.2. The summed E-state index contributed by atoms with van der Waals surface area (Å²) in [5.41, 5.74) is 1.37. The molecule has 4 heteroatoms. The number of hydrogen-bond donors (Lipinski definition) is 0. The Hall–Kier alpha value is -1.39. The van der Waals surface area contributed by atoms with Gasteiger partial charge in [-0.05, 0) is 44.2 Å². The quantitative estimate of drug-likeness (QED) is 0.855. The summed E-state index contributed by atoms with van der Waals surface area (Å²) in [6, 6.07) is 11.6. The Kier molecular flexibility index (Phi) is 4.59. The Morgan fingerprint density at radius 1 is 1.08 bits per heavy atom. The van der Waals surface area contributed by atoms with Crippen LogP contribution in [0.25, 0.3) is 0 Å². The van der Waals surface area contributed by atoms with Crippen molar-refractivity contribution in [2.75, 3.05) is 26.7 Å². The molecule has 3 atom stereocenters. The van der Waals surface area contributed by atoms with Crippen molar-refractivity contribution in [1.29, 1.82) is 0 Å². The molecule has 24 heavy (non-hydrogen) atoms. The molecule has 3 aliphatic heterocycles. The lowest BCUT2D eigenvalue weighted by atomic mass is 9.92. The van der Waals surface area contributed by atoms with Crippen molar-refractivity contribution in [1.82, 2.24) is 9.80 Å². The number of likely N-dealkylation sites (tertiary alicyclic amines) is 1. The Morgan fingerprint density at radius 2 is 1.83 bits per heavy atom. The zero-order valence-corrected chi connectivity index (χ0v) is 14.6. The van der Waals surface area contributed by atoms with Crippen molar-refractivity contribution >= 4 is 5.91 Å². The van der Waals surface area contributed by atoms with Crippen molar-refractivity contribution in [2.24, 2.45) is 5.92 Å². The van der Waals surface area contributed by atoms with Crippen LogP contribution >= 0.6 is 0 Å². The zero-order chi connectivity index (χ0) is 16.5. The highest BCUT2D eigenvalue weighted by molar-refractivity contribution is 5.80. The number of rotatable bonds is 3. The molecule has 4 nitrogen and oxygen atoms in total. The number of amides is 1. The zero-order valence-electron chi connectivity index (χ0n) is 14.6. The van der Waals surface area contributed by atoms with E-state index in [9.17, 15) is 4.79 Å². The van der Waals surface area contributed by atoms with Gasteiger partial charge in [0.05, 0.1) is 12.0 Å². The minimum atomic E-state index is 0.178. The lowest BCUT2D eigenvalue weighted by Crippen LogP contribution is -2.45. The average molecular weight is 328 g/mol. The normalized spacial score (nSPS) is 31.4. The van der Waals surface area contributed by atoms with Gasteiger partial charge in [-0.25, -0.2) is 0 Å². The molecule has 0 radical (unpaired) electrons. The molecule has 0 spiro atoms. The van der Waals surface area contributed by atoms with E-state index < -0.39 is 0 Å². The van der Waals surface area contributed by atoms with Gasteiger partial charge in [0.15, 0.2) is 0 Å². The summed E-state index contributed by atoms with van der Waals surface area (Å²) in [4.78, 5) is 17.9. The van der Waals surface area contributed by atoms with Crippen LogP contribution in [0, 0.1) is 5.92 Å². The number of methoxy groups -OCH3 is 1. The molecule has 3 saturated heterocycles. The van der Waals surface area contributed by atoms with Gasteiger partial charge in [-0.3, -0.25) is 9.69 Å². The third-order valence-corrected chi connectivity index (χ3v) is 6.27. The van der Waals surface area contributed by atoms with Gasteiger partial charge in [0.1, 0.15) is 0 Å². The van der Waals surface area contributed by atoms with Crippen molar-refractivity contribution in [3.05, 3.63) is 35.9 Å². The monoisotopic (exact) mass is 328 g/mol. The van der Waals surface area contributed by atoms with Crippen LogP contribution in [0.2, 0.25) is 0 Å². The van der Waals surface area contributed by atoms with E-state index >= 15 is 0 Å². The van der Waals surface area contributed by atoms with Crippen LogP contribution in [-0.4, -0.2) is 54.6 Å². The van der Waals surface area contributed by atoms with E-state index in [1.807, 2.05) is 0 Å². The van der Waals surface area contributed by atoms with E-state index in [1.54, 1.807) is 7.11 Å². The van der Waals surface area contributed by atoms with Crippen molar-refractivity contribution in [2.45, 2.75) is 50.3 Å². The number of carbonyl (C=O) groups excluding carboxylic acids is 1. The molecule has 3 heterocycles. The first-order valence-electron chi connectivity index (χ1n) is 9.40. The largest absolute Gasteiger partial charge is 0.381 e. The van der Waals surface area contributed by atoms with Crippen LogP contribution < -0.4 is 0 Å². The number of fused-ring (bicyclic) bond motifs is 1. The Balaban J connectivity index is 1.48. The van der Waals surface area contributed by atoms with Crippen LogP contribution in [-0.2, 0) is 9.53 Å². The SMILES string of the molecule is COC1CCN(C(=O)[C@H]2C[C@@H](c3ccccc3)N3CCC[C@H]23)CC1. The molecule has 1 aromatic rings. The maximum absolute atomic E-state index is 13.2. The summed E-state index contributed by atoms with van der Waals surface area (Å²) >= 11 is 0. The lowest BCUT2D eigenvalue weighted by Gasteiger charge is -2.34. The van der Waals surface area contributed by atoms with Crippen molar-refractivity contribution in [3.63, 3.8) is 0 Å². The van der Waals surface area contributed by atoms with Crippen LogP contribution in [0.15, 0.2) is 30.3 Å². The maximum Gasteiger partial charge on any atom is 0.227 e. The van der Waals surface area contributed by atoms with E-state index in [0.29, 0.717) is 24.1 Å². The van der Waals surface area contributed by atoms with E-state index in [-0.39, 0.29) is 5.92 Å². The number of piperidine rings is 1. The fourth-order valence-electron chi connectivity index (χ4n) is 4.98. The van der Waals surface area contributed by atoms with Gasteiger partial charge in [-0.1, -0.05) is 30.3 Å². The average Bonchev–Trinajstić information content (AvgIpc) is 3.24. The lowest BCUT2D eigenvalue weighted by molar-refractivity contribution is -0.138. The predicted octanol–water partition coefficient (Wildman–Crippen LogP) is 2.85. The minimum absolute atomic E-state index is 0.178. The first-order chi connectivity index (χ1) is 11.8. The highest BCUT2D eigenvalue weighted by Crippen LogP contribution is 2.45.